The molecular weight excluding hydrogens is 360 g/mol. The number of likely N-dealkylation sites (tertiary alicyclic amines) is 2. The third kappa shape index (κ3) is 10.1. The van der Waals surface area contributed by atoms with Crippen molar-refractivity contribution >= 4 is 12.2 Å². The van der Waals surface area contributed by atoms with E-state index in [-0.39, 0.29) is 24.3 Å². The van der Waals surface area contributed by atoms with Crippen LogP contribution in [0.15, 0.2) is 0 Å². The van der Waals surface area contributed by atoms with E-state index in [0.717, 1.165) is 38.8 Å². The predicted molar refractivity (Wildman–Crippen MR) is 110 cm³/mol. The van der Waals surface area contributed by atoms with E-state index < -0.39 is 11.2 Å². The molecule has 2 amide bonds. The van der Waals surface area contributed by atoms with Crippen LogP contribution in [-0.2, 0) is 9.47 Å². The lowest BCUT2D eigenvalue weighted by Crippen LogP contribution is -2.47. The molecule has 0 aromatic carbocycles. The molecule has 2 heterocycles. The van der Waals surface area contributed by atoms with Crippen LogP contribution in [0.25, 0.3) is 0 Å². The van der Waals surface area contributed by atoms with E-state index in [0.29, 0.717) is 13.1 Å². The predicted octanol–water partition coefficient (Wildman–Crippen LogP) is 2.69. The Bertz CT molecular complexity index is 467. The van der Waals surface area contributed by atoms with Crippen molar-refractivity contribution in [1.82, 2.24) is 9.80 Å². The van der Waals surface area contributed by atoms with Crippen LogP contribution in [0.1, 0.15) is 67.2 Å². The van der Waals surface area contributed by atoms with Gasteiger partial charge in [-0.2, -0.15) is 0 Å². The minimum atomic E-state index is -0.418. The molecule has 0 aromatic rings. The molecule has 164 valence electrons. The smallest absolute Gasteiger partial charge is 0.410 e. The maximum atomic E-state index is 11.6. The van der Waals surface area contributed by atoms with Crippen molar-refractivity contribution in [3.63, 3.8) is 0 Å². The summed E-state index contributed by atoms with van der Waals surface area (Å²) >= 11 is 0. The number of nitrogens with zero attached hydrogens (tertiary/aromatic N) is 2. The first-order valence-electron chi connectivity index (χ1n) is 10.2. The first kappa shape index (κ1) is 24.5. The molecule has 2 saturated heterocycles. The van der Waals surface area contributed by atoms with Gasteiger partial charge in [-0.05, 0) is 67.2 Å². The van der Waals surface area contributed by atoms with Gasteiger partial charge in [-0.25, -0.2) is 9.59 Å². The quantitative estimate of drug-likeness (QED) is 0.647. The highest BCUT2D eigenvalue weighted by atomic mass is 16.6. The van der Waals surface area contributed by atoms with Crippen LogP contribution in [-0.4, -0.2) is 71.5 Å². The SMILES string of the molecule is CC(C)(C)OC(=O)N1CCC[C@H](N)C1.CC(C)(C)OC(=O)N1CCC[C@H](N)C1. The zero-order valence-corrected chi connectivity index (χ0v) is 18.5. The minimum absolute atomic E-state index is 0.108. The molecule has 0 unspecified atom stereocenters. The molecule has 0 aromatic heterocycles. The molecular formula is C20H40N4O4. The molecule has 0 spiro atoms. The average molecular weight is 401 g/mol. The topological polar surface area (TPSA) is 111 Å². The Morgan fingerprint density at radius 2 is 1.07 bits per heavy atom. The Hall–Kier alpha value is -1.54. The minimum Gasteiger partial charge on any atom is -0.444 e. The first-order valence-corrected chi connectivity index (χ1v) is 10.2. The van der Waals surface area contributed by atoms with E-state index in [9.17, 15) is 9.59 Å². The van der Waals surface area contributed by atoms with Crippen molar-refractivity contribution in [3.8, 4) is 0 Å². The third-order valence-corrected chi connectivity index (χ3v) is 4.22. The van der Waals surface area contributed by atoms with Crippen molar-refractivity contribution < 1.29 is 19.1 Å². The van der Waals surface area contributed by atoms with Crippen molar-refractivity contribution in [1.29, 1.82) is 0 Å². The van der Waals surface area contributed by atoms with Gasteiger partial charge in [0.05, 0.1) is 0 Å². The number of piperidine rings is 2. The second kappa shape index (κ2) is 10.3. The summed E-state index contributed by atoms with van der Waals surface area (Å²) in [6.45, 7) is 14.0. The molecule has 0 aliphatic carbocycles. The van der Waals surface area contributed by atoms with Crippen molar-refractivity contribution in [3.05, 3.63) is 0 Å². The van der Waals surface area contributed by atoms with E-state index >= 15 is 0 Å². The third-order valence-electron chi connectivity index (χ3n) is 4.22. The normalized spacial score (nSPS) is 23.4. The van der Waals surface area contributed by atoms with Gasteiger partial charge in [0.2, 0.25) is 0 Å². The molecule has 28 heavy (non-hydrogen) atoms. The van der Waals surface area contributed by atoms with Gasteiger partial charge in [-0.1, -0.05) is 0 Å². The molecule has 2 atom stereocenters. The lowest BCUT2D eigenvalue weighted by atomic mass is 10.1. The van der Waals surface area contributed by atoms with Gasteiger partial charge < -0.3 is 30.7 Å². The van der Waals surface area contributed by atoms with Crippen molar-refractivity contribution in [2.75, 3.05) is 26.2 Å². The summed E-state index contributed by atoms with van der Waals surface area (Å²) in [7, 11) is 0. The number of rotatable bonds is 0. The van der Waals surface area contributed by atoms with Gasteiger partial charge >= 0.3 is 12.2 Å². The summed E-state index contributed by atoms with van der Waals surface area (Å²) in [6, 6.07) is 0.215. The Labute approximate surface area is 169 Å². The Kier molecular flexibility index (Phi) is 9.01. The lowest BCUT2D eigenvalue weighted by Gasteiger charge is -2.32. The van der Waals surface area contributed by atoms with Gasteiger partial charge in [-0.3, -0.25) is 0 Å². The van der Waals surface area contributed by atoms with Crippen LogP contribution in [0.3, 0.4) is 0 Å². The van der Waals surface area contributed by atoms with Crippen molar-refractivity contribution in [2.45, 2.75) is 90.5 Å². The molecule has 0 bridgehead atoms. The van der Waals surface area contributed by atoms with Crippen LogP contribution in [0, 0.1) is 0 Å². The summed E-state index contributed by atoms with van der Waals surface area (Å²) in [4.78, 5) is 26.6. The number of carbonyl (C=O) groups excluding carboxylic acids is 2. The summed E-state index contributed by atoms with van der Waals surface area (Å²) in [5.74, 6) is 0. The average Bonchev–Trinajstić information content (AvgIpc) is 2.52. The highest BCUT2D eigenvalue weighted by Crippen LogP contribution is 2.15. The Balaban J connectivity index is 0.000000280. The van der Waals surface area contributed by atoms with E-state index in [1.165, 1.54) is 0 Å². The molecule has 8 nitrogen and oxygen atoms in total. The zero-order chi connectivity index (χ0) is 21.5. The molecule has 8 heteroatoms. The van der Waals surface area contributed by atoms with E-state index in [1.807, 2.05) is 41.5 Å². The molecule has 2 rings (SSSR count). The second-order valence-corrected chi connectivity index (χ2v) is 9.66. The number of nitrogens with two attached hydrogens (primary N) is 2. The number of hydrogen-bond acceptors (Lipinski definition) is 6. The first-order chi connectivity index (χ1) is 12.8. The van der Waals surface area contributed by atoms with Crippen LogP contribution in [0.5, 0.6) is 0 Å². The van der Waals surface area contributed by atoms with Gasteiger partial charge in [0.25, 0.3) is 0 Å². The standard InChI is InChI=1S/2C10H20N2O2/c2*1-10(2,3)14-9(13)12-6-4-5-8(11)7-12/h2*8H,4-7,11H2,1-3H3/t2*8-/m00/s1. The van der Waals surface area contributed by atoms with Gasteiger partial charge in [-0.15, -0.1) is 0 Å². The molecule has 4 N–H and O–H groups in total. The highest BCUT2D eigenvalue weighted by Gasteiger charge is 2.26. The summed E-state index contributed by atoms with van der Waals surface area (Å²) in [6.07, 6.45) is 3.46. The lowest BCUT2D eigenvalue weighted by molar-refractivity contribution is 0.0191. The second-order valence-electron chi connectivity index (χ2n) is 9.66. The van der Waals surface area contributed by atoms with Crippen LogP contribution < -0.4 is 11.5 Å². The molecule has 2 fully saturated rings. The fraction of sp³-hybridized carbons (Fsp3) is 0.900. The maximum Gasteiger partial charge on any atom is 0.410 e. The van der Waals surface area contributed by atoms with Crippen molar-refractivity contribution in [2.24, 2.45) is 11.5 Å². The fourth-order valence-electron chi connectivity index (χ4n) is 3.00. The van der Waals surface area contributed by atoms with Gasteiger partial charge in [0.15, 0.2) is 0 Å². The number of carbonyl (C=O) groups is 2. The van der Waals surface area contributed by atoms with Gasteiger partial charge in [0.1, 0.15) is 11.2 Å². The van der Waals surface area contributed by atoms with E-state index in [4.69, 9.17) is 20.9 Å². The van der Waals surface area contributed by atoms with E-state index in [2.05, 4.69) is 0 Å². The fourth-order valence-corrected chi connectivity index (χ4v) is 3.00. The molecule has 0 radical (unpaired) electrons. The highest BCUT2D eigenvalue weighted by molar-refractivity contribution is 5.68. The molecule has 0 saturated carbocycles. The number of hydrogen-bond donors (Lipinski definition) is 2. The summed E-state index contributed by atoms with van der Waals surface area (Å²) in [5.41, 5.74) is 10.7. The largest absolute Gasteiger partial charge is 0.444 e. The number of ether oxygens (including phenoxy) is 2. The zero-order valence-electron chi connectivity index (χ0n) is 18.5. The van der Waals surface area contributed by atoms with Gasteiger partial charge in [0, 0.05) is 38.3 Å². The monoisotopic (exact) mass is 400 g/mol. The van der Waals surface area contributed by atoms with E-state index in [1.54, 1.807) is 9.80 Å². The summed E-state index contributed by atoms with van der Waals surface area (Å²) < 4.78 is 10.5. The molecule has 2 aliphatic heterocycles. The van der Waals surface area contributed by atoms with Crippen LogP contribution >= 0.6 is 0 Å². The van der Waals surface area contributed by atoms with Crippen LogP contribution in [0.4, 0.5) is 9.59 Å². The van der Waals surface area contributed by atoms with Crippen LogP contribution in [0.2, 0.25) is 0 Å². The number of amides is 2. The summed E-state index contributed by atoms with van der Waals surface area (Å²) in [5, 5.41) is 0. The maximum absolute atomic E-state index is 11.6. The Morgan fingerprint density at radius 1 is 0.750 bits per heavy atom. The molecule has 2 aliphatic rings. The Morgan fingerprint density at radius 3 is 1.32 bits per heavy atom.